The van der Waals surface area contributed by atoms with Crippen molar-refractivity contribution < 1.29 is 0 Å². The molecule has 4 aliphatic carbocycles. The Bertz CT molecular complexity index is 776. The van der Waals surface area contributed by atoms with Gasteiger partial charge in [-0.25, -0.2) is 0 Å². The third-order valence-electron chi connectivity index (χ3n) is 7.60. The molecule has 0 aromatic heterocycles. The quantitative estimate of drug-likeness (QED) is 0.746. The van der Waals surface area contributed by atoms with Gasteiger partial charge in [0.05, 0.1) is 0 Å². The number of nitrogens with one attached hydrogen (secondary N) is 1. The van der Waals surface area contributed by atoms with Gasteiger partial charge in [-0.3, -0.25) is 0 Å². The Morgan fingerprint density at radius 2 is 1.35 bits per heavy atom. The van der Waals surface area contributed by atoms with Crippen molar-refractivity contribution >= 4 is 12.4 Å². The maximum Gasteiger partial charge on any atom is 0.0368 e. The van der Waals surface area contributed by atoms with Crippen molar-refractivity contribution in [2.24, 2.45) is 11.8 Å². The Hall–Kier alpha value is -1.31. The summed E-state index contributed by atoms with van der Waals surface area (Å²) in [6.45, 7) is 2.47. The summed E-state index contributed by atoms with van der Waals surface area (Å²) in [5.41, 5.74) is 6.56. The molecule has 0 radical (unpaired) electrons. The van der Waals surface area contributed by atoms with Gasteiger partial charge in [0.15, 0.2) is 0 Å². The zero-order valence-corrected chi connectivity index (χ0v) is 16.3. The minimum Gasteiger partial charge on any atom is -0.310 e. The van der Waals surface area contributed by atoms with Crippen LogP contribution in [0.5, 0.6) is 0 Å². The first-order valence-electron chi connectivity index (χ1n) is 10.2. The van der Waals surface area contributed by atoms with E-state index in [0.29, 0.717) is 12.0 Å². The molecule has 2 heteroatoms. The third-order valence-corrected chi connectivity index (χ3v) is 7.60. The number of benzene rings is 2. The average molecular weight is 366 g/mol. The first-order valence-corrected chi connectivity index (χ1v) is 10.2. The molecule has 2 bridgehead atoms. The highest BCUT2D eigenvalue weighted by molar-refractivity contribution is 5.85. The molecule has 6 rings (SSSR count). The van der Waals surface area contributed by atoms with Crippen molar-refractivity contribution in [2.45, 2.75) is 62.4 Å². The normalized spacial score (nSPS) is 29.2. The van der Waals surface area contributed by atoms with Crippen LogP contribution in [0.3, 0.4) is 0 Å². The fourth-order valence-electron chi connectivity index (χ4n) is 6.13. The minimum atomic E-state index is 0. The van der Waals surface area contributed by atoms with Gasteiger partial charge in [-0.05, 0) is 73.1 Å². The summed E-state index contributed by atoms with van der Waals surface area (Å²) < 4.78 is 0. The molecule has 2 aromatic carbocycles. The molecule has 0 aliphatic heterocycles. The van der Waals surface area contributed by atoms with Crippen LogP contribution in [0.4, 0.5) is 0 Å². The van der Waals surface area contributed by atoms with Gasteiger partial charge in [0.1, 0.15) is 0 Å². The molecule has 2 saturated carbocycles. The molecule has 1 nitrogen and oxygen atoms in total. The van der Waals surface area contributed by atoms with E-state index >= 15 is 0 Å². The average Bonchev–Trinajstić information content (AvgIpc) is 3.58. The topological polar surface area (TPSA) is 12.0 Å². The molecule has 0 spiro atoms. The zero-order chi connectivity index (χ0) is 16.6. The lowest BCUT2D eigenvalue weighted by Crippen LogP contribution is -2.50. The molecule has 1 atom stereocenters. The summed E-state index contributed by atoms with van der Waals surface area (Å²) in [5.74, 6) is 2.52. The van der Waals surface area contributed by atoms with Crippen molar-refractivity contribution in [1.29, 1.82) is 0 Å². The van der Waals surface area contributed by atoms with E-state index in [1.165, 1.54) is 32.1 Å². The number of hydrogen-bond acceptors (Lipinski definition) is 1. The smallest absolute Gasteiger partial charge is 0.0368 e. The van der Waals surface area contributed by atoms with Crippen LogP contribution in [0.25, 0.3) is 0 Å². The fraction of sp³-hybridized carbons (Fsp3) is 0.500. The molecule has 0 saturated heterocycles. The predicted molar refractivity (Wildman–Crippen MR) is 109 cm³/mol. The van der Waals surface area contributed by atoms with E-state index in [1.54, 1.807) is 22.3 Å². The van der Waals surface area contributed by atoms with E-state index in [0.717, 1.165) is 17.9 Å². The Morgan fingerprint density at radius 1 is 0.846 bits per heavy atom. The van der Waals surface area contributed by atoms with Gasteiger partial charge in [-0.15, -0.1) is 12.4 Å². The van der Waals surface area contributed by atoms with Crippen molar-refractivity contribution in [1.82, 2.24) is 5.32 Å². The van der Waals surface area contributed by atoms with E-state index < -0.39 is 0 Å². The van der Waals surface area contributed by atoms with E-state index in [1.807, 2.05) is 0 Å². The fourth-order valence-corrected chi connectivity index (χ4v) is 6.13. The molecular weight excluding hydrogens is 338 g/mol. The molecule has 4 aliphatic rings. The SMILES string of the molecule is CC(NC(C1CC1)C1CC1)C12CC(c3ccccc31)c1ccccc12.Cl. The lowest BCUT2D eigenvalue weighted by molar-refractivity contribution is 0.297. The summed E-state index contributed by atoms with van der Waals surface area (Å²) in [6.07, 6.45) is 7.06. The predicted octanol–water partition coefficient (Wildman–Crippen LogP) is 5.41. The third kappa shape index (κ3) is 2.20. The van der Waals surface area contributed by atoms with Crippen molar-refractivity contribution in [3.8, 4) is 0 Å². The lowest BCUT2D eigenvalue weighted by Gasteiger charge is -2.39. The monoisotopic (exact) mass is 365 g/mol. The van der Waals surface area contributed by atoms with E-state index in [2.05, 4.69) is 60.8 Å². The van der Waals surface area contributed by atoms with Crippen LogP contribution in [0, 0.1) is 11.8 Å². The molecule has 0 heterocycles. The zero-order valence-electron chi connectivity index (χ0n) is 15.4. The molecule has 1 N–H and O–H groups in total. The van der Waals surface area contributed by atoms with Gasteiger partial charge in [-0.1, -0.05) is 48.5 Å². The van der Waals surface area contributed by atoms with Gasteiger partial charge in [-0.2, -0.15) is 0 Å². The van der Waals surface area contributed by atoms with Crippen LogP contribution in [0.2, 0.25) is 0 Å². The second-order valence-corrected chi connectivity index (χ2v) is 8.99. The Labute approximate surface area is 163 Å². The van der Waals surface area contributed by atoms with Gasteiger partial charge < -0.3 is 5.32 Å². The molecule has 0 amide bonds. The Balaban J connectivity index is 0.00000150. The highest BCUT2D eigenvalue weighted by Gasteiger charge is 2.56. The van der Waals surface area contributed by atoms with E-state index in [-0.39, 0.29) is 17.8 Å². The number of hydrogen-bond donors (Lipinski definition) is 1. The van der Waals surface area contributed by atoms with Crippen LogP contribution in [-0.2, 0) is 5.41 Å². The molecule has 2 aromatic rings. The standard InChI is InChI=1S/C24H27N.ClH/c1-15(25-23(16-10-11-16)17-12-13-17)24-14-20(18-6-2-4-8-21(18)24)19-7-3-5-9-22(19)24;/h2-9,15-17,20,23,25H,10-14H2,1H3;1H. The van der Waals surface area contributed by atoms with Crippen molar-refractivity contribution in [3.63, 3.8) is 0 Å². The highest BCUT2D eigenvalue weighted by atomic mass is 35.5. The summed E-state index contributed by atoms with van der Waals surface area (Å²) in [7, 11) is 0. The number of halogens is 1. The Morgan fingerprint density at radius 3 is 1.85 bits per heavy atom. The largest absolute Gasteiger partial charge is 0.310 e. The van der Waals surface area contributed by atoms with Crippen LogP contribution in [0.1, 0.15) is 67.2 Å². The minimum absolute atomic E-state index is 0. The van der Waals surface area contributed by atoms with Crippen LogP contribution >= 0.6 is 12.4 Å². The number of rotatable bonds is 5. The second kappa shape index (κ2) is 5.84. The summed E-state index contributed by atoms with van der Waals surface area (Å²) >= 11 is 0. The van der Waals surface area contributed by atoms with Gasteiger partial charge in [0.2, 0.25) is 0 Å². The van der Waals surface area contributed by atoms with E-state index in [9.17, 15) is 0 Å². The highest BCUT2D eigenvalue weighted by Crippen LogP contribution is 2.61. The number of fused-ring (bicyclic) bond motifs is 8. The summed E-state index contributed by atoms with van der Waals surface area (Å²) in [5, 5.41) is 4.18. The van der Waals surface area contributed by atoms with Gasteiger partial charge in [0, 0.05) is 23.4 Å². The van der Waals surface area contributed by atoms with Gasteiger partial charge in [0.25, 0.3) is 0 Å². The molecule has 136 valence electrons. The molecule has 26 heavy (non-hydrogen) atoms. The molecule has 1 unspecified atom stereocenters. The first-order chi connectivity index (χ1) is 12.3. The van der Waals surface area contributed by atoms with Crippen LogP contribution in [0.15, 0.2) is 48.5 Å². The first kappa shape index (κ1) is 16.8. The molecular formula is C24H28ClN. The van der Waals surface area contributed by atoms with Crippen molar-refractivity contribution in [2.75, 3.05) is 0 Å². The van der Waals surface area contributed by atoms with Crippen molar-refractivity contribution in [3.05, 3.63) is 70.8 Å². The summed E-state index contributed by atoms with van der Waals surface area (Å²) in [4.78, 5) is 0. The maximum atomic E-state index is 4.18. The summed E-state index contributed by atoms with van der Waals surface area (Å²) in [6, 6.07) is 19.8. The van der Waals surface area contributed by atoms with Crippen LogP contribution < -0.4 is 5.32 Å². The van der Waals surface area contributed by atoms with Gasteiger partial charge >= 0.3 is 0 Å². The second-order valence-electron chi connectivity index (χ2n) is 8.99. The van der Waals surface area contributed by atoms with E-state index in [4.69, 9.17) is 0 Å². The lowest BCUT2D eigenvalue weighted by atomic mass is 9.70. The van der Waals surface area contributed by atoms with Crippen LogP contribution in [-0.4, -0.2) is 12.1 Å². The molecule has 2 fully saturated rings. The maximum absolute atomic E-state index is 4.18. The Kier molecular flexibility index (Phi) is 3.78.